The lowest BCUT2D eigenvalue weighted by molar-refractivity contribution is 0.997. The summed E-state index contributed by atoms with van der Waals surface area (Å²) < 4.78 is 0. The lowest BCUT2D eigenvalue weighted by Crippen LogP contribution is -1.96. The van der Waals surface area contributed by atoms with Gasteiger partial charge in [-0.2, -0.15) is 0 Å². The van der Waals surface area contributed by atoms with Crippen LogP contribution >= 0.6 is 23.2 Å². The van der Waals surface area contributed by atoms with Gasteiger partial charge in [-0.1, -0.05) is 23.7 Å². The van der Waals surface area contributed by atoms with Crippen LogP contribution in [0.3, 0.4) is 0 Å². The average molecular weight is 253 g/mol. The van der Waals surface area contributed by atoms with Gasteiger partial charge >= 0.3 is 0 Å². The van der Waals surface area contributed by atoms with E-state index >= 15 is 0 Å². The third-order valence-corrected chi connectivity index (χ3v) is 2.65. The Bertz CT molecular complexity index is 495. The summed E-state index contributed by atoms with van der Waals surface area (Å²) in [6.45, 7) is 1.93. The average Bonchev–Trinajstić information content (AvgIpc) is 2.29. The van der Waals surface area contributed by atoms with E-state index in [2.05, 4.69) is 9.97 Å². The Labute approximate surface area is 104 Å². The predicted molar refractivity (Wildman–Crippen MR) is 66.8 cm³/mol. The van der Waals surface area contributed by atoms with Gasteiger partial charge in [0, 0.05) is 16.3 Å². The first-order valence-corrected chi connectivity index (χ1v) is 5.77. The summed E-state index contributed by atoms with van der Waals surface area (Å²) in [6.07, 6.45) is 0. The molecule has 16 heavy (non-hydrogen) atoms. The first-order chi connectivity index (χ1) is 7.69. The standard InChI is InChI=1S/C12H10Cl2N2/c1-8-6-11(16-12(7-13)15-8)9-2-4-10(14)5-3-9/h2-6H,7H2,1H3. The minimum Gasteiger partial charge on any atom is -0.237 e. The van der Waals surface area contributed by atoms with Crippen LogP contribution in [0.15, 0.2) is 30.3 Å². The highest BCUT2D eigenvalue weighted by Crippen LogP contribution is 2.20. The highest BCUT2D eigenvalue weighted by atomic mass is 35.5. The fourth-order valence-electron chi connectivity index (χ4n) is 1.46. The second kappa shape index (κ2) is 4.81. The molecule has 82 valence electrons. The Kier molecular flexibility index (Phi) is 3.42. The van der Waals surface area contributed by atoms with E-state index in [1.54, 1.807) is 0 Å². The summed E-state index contributed by atoms with van der Waals surface area (Å²) in [4.78, 5) is 8.59. The number of aromatic nitrogens is 2. The van der Waals surface area contributed by atoms with Crippen molar-refractivity contribution >= 4 is 23.2 Å². The second-order valence-electron chi connectivity index (χ2n) is 3.45. The maximum absolute atomic E-state index is 5.84. The molecule has 0 saturated carbocycles. The first kappa shape index (κ1) is 11.4. The Morgan fingerprint density at radius 1 is 1.12 bits per heavy atom. The number of aryl methyl sites for hydroxylation is 1. The van der Waals surface area contributed by atoms with Crippen molar-refractivity contribution in [2.24, 2.45) is 0 Å². The molecule has 0 saturated heterocycles. The smallest absolute Gasteiger partial charge is 0.143 e. The lowest BCUT2D eigenvalue weighted by atomic mass is 10.1. The van der Waals surface area contributed by atoms with Gasteiger partial charge in [0.15, 0.2) is 0 Å². The fraction of sp³-hybridized carbons (Fsp3) is 0.167. The van der Waals surface area contributed by atoms with E-state index in [0.717, 1.165) is 17.0 Å². The Morgan fingerprint density at radius 3 is 2.44 bits per heavy atom. The highest BCUT2D eigenvalue weighted by Gasteiger charge is 2.03. The number of alkyl halides is 1. The molecule has 2 nitrogen and oxygen atoms in total. The third-order valence-electron chi connectivity index (χ3n) is 2.16. The van der Waals surface area contributed by atoms with E-state index < -0.39 is 0 Å². The van der Waals surface area contributed by atoms with Gasteiger partial charge in [-0.15, -0.1) is 11.6 Å². The Hall–Kier alpha value is -1.12. The Morgan fingerprint density at radius 2 is 1.81 bits per heavy atom. The van der Waals surface area contributed by atoms with E-state index in [1.165, 1.54) is 0 Å². The molecule has 0 unspecified atom stereocenters. The van der Waals surface area contributed by atoms with Crippen molar-refractivity contribution in [3.05, 3.63) is 46.9 Å². The summed E-state index contributed by atoms with van der Waals surface area (Å²) in [5.74, 6) is 0.967. The third kappa shape index (κ3) is 2.52. The van der Waals surface area contributed by atoms with E-state index in [9.17, 15) is 0 Å². The van der Waals surface area contributed by atoms with Crippen LogP contribution in [0, 0.1) is 6.92 Å². The van der Waals surface area contributed by atoms with Gasteiger partial charge in [0.2, 0.25) is 0 Å². The second-order valence-corrected chi connectivity index (χ2v) is 4.16. The van der Waals surface area contributed by atoms with Crippen LogP contribution in [0.5, 0.6) is 0 Å². The number of benzene rings is 1. The molecule has 2 rings (SSSR count). The van der Waals surface area contributed by atoms with E-state index in [-0.39, 0.29) is 0 Å². The van der Waals surface area contributed by atoms with Gasteiger partial charge in [0.25, 0.3) is 0 Å². The SMILES string of the molecule is Cc1cc(-c2ccc(Cl)cc2)nc(CCl)n1. The summed E-state index contributed by atoms with van der Waals surface area (Å²) in [7, 11) is 0. The number of hydrogen-bond acceptors (Lipinski definition) is 2. The van der Waals surface area contributed by atoms with Crippen molar-refractivity contribution < 1.29 is 0 Å². The number of halogens is 2. The van der Waals surface area contributed by atoms with Crippen LogP contribution in [-0.4, -0.2) is 9.97 Å². The van der Waals surface area contributed by atoms with Gasteiger partial charge < -0.3 is 0 Å². The van der Waals surface area contributed by atoms with Crippen molar-refractivity contribution in [3.8, 4) is 11.3 Å². The quantitative estimate of drug-likeness (QED) is 0.760. The van der Waals surface area contributed by atoms with Crippen molar-refractivity contribution in [1.29, 1.82) is 0 Å². The monoisotopic (exact) mass is 252 g/mol. The van der Waals surface area contributed by atoms with E-state index in [0.29, 0.717) is 16.7 Å². The van der Waals surface area contributed by atoms with Crippen LogP contribution in [0.2, 0.25) is 5.02 Å². The molecule has 0 bridgehead atoms. The first-order valence-electron chi connectivity index (χ1n) is 4.85. The van der Waals surface area contributed by atoms with Crippen LogP contribution in [0.25, 0.3) is 11.3 Å². The molecule has 0 aliphatic carbocycles. The highest BCUT2D eigenvalue weighted by molar-refractivity contribution is 6.30. The summed E-state index contributed by atoms with van der Waals surface area (Å²) >= 11 is 11.6. The lowest BCUT2D eigenvalue weighted by Gasteiger charge is -2.04. The molecule has 0 aliphatic rings. The van der Waals surface area contributed by atoms with Crippen molar-refractivity contribution in [2.75, 3.05) is 0 Å². The van der Waals surface area contributed by atoms with Gasteiger partial charge in [-0.25, -0.2) is 9.97 Å². The number of rotatable bonds is 2. The van der Waals surface area contributed by atoms with Crippen molar-refractivity contribution in [2.45, 2.75) is 12.8 Å². The summed E-state index contributed by atoms with van der Waals surface area (Å²) in [6, 6.07) is 9.48. The molecule has 2 aromatic rings. The number of hydrogen-bond donors (Lipinski definition) is 0. The molecule has 0 aliphatic heterocycles. The minimum absolute atomic E-state index is 0.322. The summed E-state index contributed by atoms with van der Waals surface area (Å²) in [5, 5.41) is 0.715. The minimum atomic E-state index is 0.322. The molecule has 0 atom stereocenters. The molecule has 0 N–H and O–H groups in total. The van der Waals surface area contributed by atoms with E-state index in [4.69, 9.17) is 23.2 Å². The topological polar surface area (TPSA) is 25.8 Å². The van der Waals surface area contributed by atoms with Gasteiger partial charge in [0.1, 0.15) is 5.82 Å². The zero-order valence-electron chi connectivity index (χ0n) is 8.74. The molecule has 1 aromatic heterocycles. The normalized spacial score (nSPS) is 10.4. The molecule has 0 amide bonds. The van der Waals surface area contributed by atoms with Gasteiger partial charge in [0.05, 0.1) is 11.6 Å². The molecule has 1 heterocycles. The predicted octanol–water partition coefficient (Wildman–Crippen LogP) is 3.84. The van der Waals surface area contributed by atoms with Crippen molar-refractivity contribution in [3.63, 3.8) is 0 Å². The Balaban J connectivity index is 2.47. The maximum atomic E-state index is 5.84. The van der Waals surface area contributed by atoms with Crippen LogP contribution < -0.4 is 0 Å². The van der Waals surface area contributed by atoms with Gasteiger partial charge in [-0.05, 0) is 25.1 Å². The van der Waals surface area contributed by atoms with Crippen LogP contribution in [0.1, 0.15) is 11.5 Å². The molecule has 1 aromatic carbocycles. The van der Waals surface area contributed by atoms with Crippen LogP contribution in [-0.2, 0) is 5.88 Å². The molecule has 0 spiro atoms. The fourth-order valence-corrected chi connectivity index (χ4v) is 1.70. The molecular weight excluding hydrogens is 243 g/mol. The summed E-state index contributed by atoms with van der Waals surface area (Å²) in [5.41, 5.74) is 2.80. The molecular formula is C12H10Cl2N2. The number of nitrogens with zero attached hydrogens (tertiary/aromatic N) is 2. The molecule has 0 fully saturated rings. The molecule has 0 radical (unpaired) electrons. The van der Waals surface area contributed by atoms with Crippen molar-refractivity contribution in [1.82, 2.24) is 9.97 Å². The van der Waals surface area contributed by atoms with E-state index in [1.807, 2.05) is 37.3 Å². The largest absolute Gasteiger partial charge is 0.237 e. The zero-order chi connectivity index (χ0) is 11.5. The maximum Gasteiger partial charge on any atom is 0.143 e. The zero-order valence-corrected chi connectivity index (χ0v) is 10.3. The van der Waals surface area contributed by atoms with Gasteiger partial charge in [-0.3, -0.25) is 0 Å². The molecule has 4 heteroatoms. The van der Waals surface area contributed by atoms with Crippen LogP contribution in [0.4, 0.5) is 0 Å².